The Kier molecular flexibility index (Phi) is 11.6. The third kappa shape index (κ3) is 11.6. The van der Waals surface area contributed by atoms with Gasteiger partial charge in [0, 0.05) is 0 Å². The fourth-order valence-corrected chi connectivity index (χ4v) is 1.44. The van der Waals surface area contributed by atoms with Gasteiger partial charge in [-0.15, -0.1) is 0 Å². The highest BCUT2D eigenvalue weighted by molar-refractivity contribution is 5.31. The van der Waals surface area contributed by atoms with Crippen molar-refractivity contribution < 1.29 is 15.3 Å². The molecule has 0 rings (SSSR count). The Hall–Kier alpha value is -1.52. The summed E-state index contributed by atoms with van der Waals surface area (Å²) in [5, 5.41) is 28.2. The van der Waals surface area contributed by atoms with Gasteiger partial charge in [0.25, 0.3) is 0 Å². The highest BCUT2D eigenvalue weighted by Gasteiger charge is 1.99. The first-order valence-electron chi connectivity index (χ1n) is 6.96. The molecule has 3 atom stereocenters. The van der Waals surface area contributed by atoms with Crippen LogP contribution >= 0.6 is 0 Å². The summed E-state index contributed by atoms with van der Waals surface area (Å²) in [6.07, 6.45) is 7.02. The molecule has 0 fully saturated rings. The van der Waals surface area contributed by atoms with Gasteiger partial charge < -0.3 is 15.3 Å². The second-order valence-electron chi connectivity index (χ2n) is 4.47. The van der Waals surface area contributed by atoms with Crippen LogP contribution < -0.4 is 0 Å². The highest BCUT2D eigenvalue weighted by atomic mass is 16.3. The van der Waals surface area contributed by atoms with E-state index in [1.54, 1.807) is 6.08 Å². The zero-order valence-corrected chi connectivity index (χ0v) is 12.0. The summed E-state index contributed by atoms with van der Waals surface area (Å²) in [6, 6.07) is 0. The Balaban J connectivity index is 4.02. The van der Waals surface area contributed by atoms with Crippen LogP contribution in [0.5, 0.6) is 0 Å². The summed E-state index contributed by atoms with van der Waals surface area (Å²) in [5.74, 6) is 9.75. The van der Waals surface area contributed by atoms with E-state index >= 15 is 0 Å². The Labute approximate surface area is 122 Å². The van der Waals surface area contributed by atoms with Gasteiger partial charge in [-0.3, -0.25) is 0 Å². The number of hydrogen-bond donors (Lipinski definition) is 3. The molecule has 0 spiro atoms. The molecule has 20 heavy (non-hydrogen) atoms. The summed E-state index contributed by atoms with van der Waals surface area (Å²) in [6.45, 7) is 5.51. The predicted octanol–water partition coefficient (Wildman–Crippen LogP) is 1.79. The number of unbranched alkanes of at least 4 members (excludes halogenated alkanes) is 3. The van der Waals surface area contributed by atoms with Crippen LogP contribution in [0.1, 0.15) is 39.0 Å². The number of rotatable bonds is 8. The lowest BCUT2D eigenvalue weighted by molar-refractivity contribution is 0.205. The molecule has 0 aromatic carbocycles. The molecule has 110 valence electrons. The first-order chi connectivity index (χ1) is 9.60. The quantitative estimate of drug-likeness (QED) is 0.360. The van der Waals surface area contributed by atoms with Crippen LogP contribution in [-0.4, -0.2) is 33.6 Å². The molecular formula is C17H24O3. The Morgan fingerprint density at radius 1 is 0.950 bits per heavy atom. The predicted molar refractivity (Wildman–Crippen MR) is 81.7 cm³/mol. The van der Waals surface area contributed by atoms with Crippen molar-refractivity contribution in [1.82, 2.24) is 0 Å². The van der Waals surface area contributed by atoms with Gasteiger partial charge in [0.15, 0.2) is 0 Å². The minimum atomic E-state index is -0.963. The van der Waals surface area contributed by atoms with Gasteiger partial charge in [-0.25, -0.2) is 0 Å². The van der Waals surface area contributed by atoms with Crippen LogP contribution in [0.15, 0.2) is 24.8 Å². The van der Waals surface area contributed by atoms with Crippen molar-refractivity contribution in [2.45, 2.75) is 57.3 Å². The third-order valence-corrected chi connectivity index (χ3v) is 2.59. The molecule has 1 unspecified atom stereocenters. The maximum Gasteiger partial charge on any atom is 0.134 e. The van der Waals surface area contributed by atoms with E-state index in [4.69, 9.17) is 5.11 Å². The first kappa shape index (κ1) is 18.5. The molecule has 0 aromatic rings. The minimum absolute atomic E-state index is 0.544. The van der Waals surface area contributed by atoms with E-state index in [9.17, 15) is 10.2 Å². The molecule has 0 aliphatic carbocycles. The van der Waals surface area contributed by atoms with Gasteiger partial charge in [0.05, 0.1) is 6.10 Å². The summed E-state index contributed by atoms with van der Waals surface area (Å²) in [5.41, 5.74) is 0. The van der Waals surface area contributed by atoms with Crippen LogP contribution in [0.25, 0.3) is 0 Å². The molecule has 0 aliphatic rings. The topological polar surface area (TPSA) is 60.7 Å². The normalized spacial score (nSPS) is 14.6. The van der Waals surface area contributed by atoms with E-state index in [0.29, 0.717) is 6.42 Å². The molecule has 0 aliphatic heterocycles. The molecule has 0 saturated heterocycles. The summed E-state index contributed by atoms with van der Waals surface area (Å²) in [7, 11) is 0. The average molecular weight is 276 g/mol. The van der Waals surface area contributed by atoms with Crippen LogP contribution in [0, 0.1) is 23.7 Å². The van der Waals surface area contributed by atoms with Gasteiger partial charge >= 0.3 is 0 Å². The van der Waals surface area contributed by atoms with Crippen molar-refractivity contribution in [3.63, 3.8) is 0 Å². The van der Waals surface area contributed by atoms with Crippen molar-refractivity contribution in [3.05, 3.63) is 24.8 Å². The number of aliphatic hydroxyl groups is 3. The van der Waals surface area contributed by atoms with E-state index in [2.05, 4.69) is 37.2 Å². The average Bonchev–Trinajstić information content (AvgIpc) is 2.45. The van der Waals surface area contributed by atoms with Crippen molar-refractivity contribution in [3.8, 4) is 23.7 Å². The van der Waals surface area contributed by atoms with Crippen molar-refractivity contribution in [2.24, 2.45) is 0 Å². The summed E-state index contributed by atoms with van der Waals surface area (Å²) >= 11 is 0. The van der Waals surface area contributed by atoms with E-state index in [1.165, 1.54) is 25.0 Å². The smallest absolute Gasteiger partial charge is 0.134 e. The van der Waals surface area contributed by atoms with Gasteiger partial charge in [0.2, 0.25) is 0 Å². The zero-order chi connectivity index (χ0) is 15.2. The standard InChI is InChI=1S/C17H24O3/c1-3-5-6-7-11-16(19)13-14-17(20)12-9-8-10-15(18)4-2/h4,13-20H,2-3,5-7,11H2,1H3/b14-13-/t15-,16?,17+/m0/s1. The van der Waals surface area contributed by atoms with Crippen LogP contribution in [0.2, 0.25) is 0 Å². The largest absolute Gasteiger partial charge is 0.389 e. The Bertz CT molecular complexity index is 403. The molecule has 0 bridgehead atoms. The molecule has 3 heteroatoms. The maximum absolute atomic E-state index is 9.66. The number of hydrogen-bond acceptors (Lipinski definition) is 3. The van der Waals surface area contributed by atoms with E-state index < -0.39 is 18.3 Å². The van der Waals surface area contributed by atoms with E-state index in [0.717, 1.165) is 12.8 Å². The second-order valence-corrected chi connectivity index (χ2v) is 4.47. The minimum Gasteiger partial charge on any atom is -0.389 e. The monoisotopic (exact) mass is 276 g/mol. The summed E-state index contributed by atoms with van der Waals surface area (Å²) < 4.78 is 0. The molecule has 3 nitrogen and oxygen atoms in total. The molecule has 0 heterocycles. The highest BCUT2D eigenvalue weighted by Crippen LogP contribution is 2.06. The van der Waals surface area contributed by atoms with Crippen molar-refractivity contribution >= 4 is 0 Å². The first-order valence-corrected chi connectivity index (χ1v) is 6.96. The zero-order valence-electron chi connectivity index (χ0n) is 12.0. The lowest BCUT2D eigenvalue weighted by Crippen LogP contribution is -2.05. The number of aliphatic hydroxyl groups excluding tert-OH is 3. The van der Waals surface area contributed by atoms with Crippen molar-refractivity contribution in [2.75, 3.05) is 0 Å². The maximum atomic E-state index is 9.66. The lowest BCUT2D eigenvalue weighted by Gasteiger charge is -2.05. The van der Waals surface area contributed by atoms with Gasteiger partial charge in [-0.2, -0.15) is 0 Å². The molecule has 0 saturated carbocycles. The van der Waals surface area contributed by atoms with Crippen LogP contribution in [-0.2, 0) is 0 Å². The Morgan fingerprint density at radius 2 is 1.60 bits per heavy atom. The molecule has 0 amide bonds. The molecule has 3 N–H and O–H groups in total. The Morgan fingerprint density at radius 3 is 2.20 bits per heavy atom. The van der Waals surface area contributed by atoms with Crippen LogP contribution in [0.3, 0.4) is 0 Å². The van der Waals surface area contributed by atoms with Crippen molar-refractivity contribution in [1.29, 1.82) is 0 Å². The van der Waals surface area contributed by atoms with E-state index in [-0.39, 0.29) is 0 Å². The van der Waals surface area contributed by atoms with Crippen LogP contribution in [0.4, 0.5) is 0 Å². The third-order valence-electron chi connectivity index (χ3n) is 2.59. The van der Waals surface area contributed by atoms with Gasteiger partial charge in [-0.05, 0) is 24.3 Å². The SMILES string of the molecule is C=C[C@H](O)C#CC#C[C@@H](O)/C=C\C(O)CCCCCC. The van der Waals surface area contributed by atoms with Gasteiger partial charge in [-0.1, -0.05) is 63.2 Å². The summed E-state index contributed by atoms with van der Waals surface area (Å²) in [4.78, 5) is 0. The van der Waals surface area contributed by atoms with E-state index in [1.807, 2.05) is 0 Å². The molecule has 0 radical (unpaired) electrons. The molecule has 0 aromatic heterocycles. The fraction of sp³-hybridized carbons (Fsp3) is 0.529. The lowest BCUT2D eigenvalue weighted by atomic mass is 10.1. The second kappa shape index (κ2) is 12.5. The fourth-order valence-electron chi connectivity index (χ4n) is 1.44. The van der Waals surface area contributed by atoms with Gasteiger partial charge in [0.1, 0.15) is 12.2 Å². The molecular weight excluding hydrogens is 252 g/mol.